The predicted octanol–water partition coefficient (Wildman–Crippen LogP) is 6.59. The lowest BCUT2D eigenvalue weighted by Crippen LogP contribution is -1.89. The molecule has 5 aromatic rings. The summed E-state index contributed by atoms with van der Waals surface area (Å²) in [7, 11) is 0. The fraction of sp³-hybridized carbons (Fsp3) is 0. The minimum atomic E-state index is 0.676. The van der Waals surface area contributed by atoms with Gasteiger partial charge in [0.05, 0.1) is 22.7 Å². The third-order valence-corrected chi connectivity index (χ3v) is 5.11. The third-order valence-electron chi connectivity index (χ3n) is 5.11. The van der Waals surface area contributed by atoms with Gasteiger partial charge < -0.3 is 0 Å². The number of nitriles is 1. The third kappa shape index (κ3) is 2.71. The van der Waals surface area contributed by atoms with Crippen LogP contribution in [0.5, 0.6) is 0 Å². The van der Waals surface area contributed by atoms with Crippen LogP contribution in [-0.2, 0) is 0 Å². The van der Waals surface area contributed by atoms with E-state index in [4.69, 9.17) is 10.2 Å². The summed E-state index contributed by atoms with van der Waals surface area (Å²) in [5.41, 5.74) is 7.32. The number of hydrogen-bond donors (Lipinski definition) is 0. The van der Waals surface area contributed by atoms with E-state index in [2.05, 4.69) is 66.7 Å². The molecule has 0 unspecified atom stereocenters. The Labute approximate surface area is 163 Å². The zero-order valence-electron chi connectivity index (χ0n) is 15.1. The lowest BCUT2D eigenvalue weighted by Gasteiger charge is -2.12. The number of hydrogen-bond acceptors (Lipinski definition) is 2. The fourth-order valence-corrected chi connectivity index (χ4v) is 3.72. The van der Waals surface area contributed by atoms with E-state index < -0.39 is 0 Å². The number of nitrogens with zero attached hydrogens (tertiary/aromatic N) is 2. The van der Waals surface area contributed by atoms with Crippen LogP contribution in [0.25, 0.3) is 44.1 Å². The van der Waals surface area contributed by atoms with Gasteiger partial charge in [0.2, 0.25) is 0 Å². The first-order valence-electron chi connectivity index (χ1n) is 9.22. The van der Waals surface area contributed by atoms with Crippen LogP contribution < -0.4 is 0 Å². The lowest BCUT2D eigenvalue weighted by atomic mass is 9.94. The van der Waals surface area contributed by atoms with Gasteiger partial charge in [0.25, 0.3) is 0 Å². The smallest absolute Gasteiger partial charge is 0.0991 e. The summed E-state index contributed by atoms with van der Waals surface area (Å²) in [4.78, 5) is 4.82. The van der Waals surface area contributed by atoms with Crippen molar-refractivity contribution in [2.75, 3.05) is 0 Å². The molecular weight excluding hydrogens is 340 g/mol. The molecule has 0 atom stereocenters. The largest absolute Gasteiger partial charge is 0.248 e. The highest BCUT2D eigenvalue weighted by Crippen LogP contribution is 2.35. The molecule has 1 aromatic heterocycles. The molecule has 0 amide bonds. The second kappa shape index (κ2) is 6.64. The maximum Gasteiger partial charge on any atom is 0.0991 e. The molecule has 5 rings (SSSR count). The van der Waals surface area contributed by atoms with Gasteiger partial charge in [0.1, 0.15) is 0 Å². The SMILES string of the molecule is N#Cc1ccc(-c2ccc(-c3c4ccccc4nc4ccccc34)cc2)cc1. The van der Waals surface area contributed by atoms with Gasteiger partial charge in [-0.3, -0.25) is 0 Å². The first kappa shape index (κ1) is 16.2. The van der Waals surface area contributed by atoms with Crippen LogP contribution in [0.1, 0.15) is 5.56 Å². The first-order valence-corrected chi connectivity index (χ1v) is 9.22. The van der Waals surface area contributed by atoms with Crippen molar-refractivity contribution in [1.29, 1.82) is 5.26 Å². The molecule has 0 N–H and O–H groups in total. The van der Waals surface area contributed by atoms with Gasteiger partial charge in [-0.2, -0.15) is 5.26 Å². The number of rotatable bonds is 2. The molecule has 2 heteroatoms. The first-order chi connectivity index (χ1) is 13.8. The minimum absolute atomic E-state index is 0.676. The molecule has 0 aliphatic rings. The van der Waals surface area contributed by atoms with Crippen molar-refractivity contribution in [1.82, 2.24) is 4.98 Å². The second-order valence-corrected chi connectivity index (χ2v) is 6.79. The zero-order chi connectivity index (χ0) is 18.9. The van der Waals surface area contributed by atoms with Gasteiger partial charge >= 0.3 is 0 Å². The lowest BCUT2D eigenvalue weighted by molar-refractivity contribution is 1.48. The van der Waals surface area contributed by atoms with Gasteiger partial charge in [-0.25, -0.2) is 4.98 Å². The Kier molecular flexibility index (Phi) is 3.85. The molecule has 0 fully saturated rings. The number of fused-ring (bicyclic) bond motifs is 2. The standard InChI is InChI=1S/C26H16N2/c27-17-18-9-11-19(12-10-18)20-13-15-21(16-14-20)26-22-5-1-3-7-24(22)28-25-8-4-2-6-23(25)26/h1-16H. The van der Waals surface area contributed by atoms with Crippen molar-refractivity contribution >= 4 is 21.8 Å². The summed E-state index contributed by atoms with van der Waals surface area (Å²) in [5.74, 6) is 0. The molecular formula is C26H16N2. The highest BCUT2D eigenvalue weighted by atomic mass is 14.7. The molecule has 1 heterocycles. The van der Waals surface area contributed by atoms with E-state index >= 15 is 0 Å². The summed E-state index contributed by atoms with van der Waals surface area (Å²) < 4.78 is 0. The number of para-hydroxylation sites is 2. The van der Waals surface area contributed by atoms with Gasteiger partial charge in [-0.05, 0) is 41.0 Å². The molecule has 4 aromatic carbocycles. The van der Waals surface area contributed by atoms with Crippen molar-refractivity contribution in [3.05, 3.63) is 103 Å². The molecule has 28 heavy (non-hydrogen) atoms. The zero-order valence-corrected chi connectivity index (χ0v) is 15.1. The molecule has 0 aliphatic heterocycles. The maximum atomic E-state index is 8.98. The molecule has 130 valence electrons. The molecule has 0 spiro atoms. The van der Waals surface area contributed by atoms with Crippen molar-refractivity contribution in [3.8, 4) is 28.3 Å². The van der Waals surface area contributed by atoms with Crippen LogP contribution in [0.3, 0.4) is 0 Å². The summed E-state index contributed by atoms with van der Waals surface area (Å²) >= 11 is 0. The average Bonchev–Trinajstić information content (AvgIpc) is 2.77. The van der Waals surface area contributed by atoms with Crippen LogP contribution in [0.15, 0.2) is 97.1 Å². The van der Waals surface area contributed by atoms with Crippen molar-refractivity contribution < 1.29 is 0 Å². The van der Waals surface area contributed by atoms with E-state index in [1.165, 1.54) is 11.1 Å². The highest BCUT2D eigenvalue weighted by molar-refractivity contribution is 6.09. The Morgan fingerprint density at radius 3 is 1.54 bits per heavy atom. The van der Waals surface area contributed by atoms with Crippen LogP contribution in [0.2, 0.25) is 0 Å². The van der Waals surface area contributed by atoms with E-state index in [9.17, 15) is 0 Å². The van der Waals surface area contributed by atoms with Gasteiger partial charge in [0, 0.05) is 16.3 Å². The van der Waals surface area contributed by atoms with E-state index in [1.807, 2.05) is 36.4 Å². The highest BCUT2D eigenvalue weighted by Gasteiger charge is 2.11. The summed E-state index contributed by atoms with van der Waals surface area (Å²) in [6.07, 6.45) is 0. The van der Waals surface area contributed by atoms with Crippen LogP contribution in [-0.4, -0.2) is 4.98 Å². The van der Waals surface area contributed by atoms with E-state index in [-0.39, 0.29) is 0 Å². The van der Waals surface area contributed by atoms with Gasteiger partial charge in [0.15, 0.2) is 0 Å². The van der Waals surface area contributed by atoms with Crippen LogP contribution >= 0.6 is 0 Å². The number of benzene rings is 4. The molecule has 2 nitrogen and oxygen atoms in total. The van der Waals surface area contributed by atoms with Crippen LogP contribution in [0.4, 0.5) is 0 Å². The Balaban J connectivity index is 1.68. The maximum absolute atomic E-state index is 8.98. The van der Waals surface area contributed by atoms with Crippen molar-refractivity contribution in [3.63, 3.8) is 0 Å². The molecule has 0 saturated heterocycles. The molecule has 0 radical (unpaired) electrons. The van der Waals surface area contributed by atoms with E-state index in [0.717, 1.165) is 32.9 Å². The van der Waals surface area contributed by atoms with Crippen molar-refractivity contribution in [2.24, 2.45) is 0 Å². The van der Waals surface area contributed by atoms with E-state index in [0.29, 0.717) is 5.56 Å². The topological polar surface area (TPSA) is 36.7 Å². The number of aromatic nitrogens is 1. The Bertz CT molecular complexity index is 1290. The number of pyridine rings is 1. The monoisotopic (exact) mass is 356 g/mol. The average molecular weight is 356 g/mol. The fourth-order valence-electron chi connectivity index (χ4n) is 3.72. The summed E-state index contributed by atoms with van der Waals surface area (Å²) in [6, 6.07) is 35.1. The van der Waals surface area contributed by atoms with E-state index in [1.54, 1.807) is 0 Å². The minimum Gasteiger partial charge on any atom is -0.248 e. The molecule has 0 aliphatic carbocycles. The molecule has 0 saturated carbocycles. The normalized spacial score (nSPS) is 10.8. The second-order valence-electron chi connectivity index (χ2n) is 6.79. The van der Waals surface area contributed by atoms with Gasteiger partial charge in [-0.1, -0.05) is 72.8 Å². The predicted molar refractivity (Wildman–Crippen MR) is 115 cm³/mol. The van der Waals surface area contributed by atoms with Gasteiger partial charge in [-0.15, -0.1) is 0 Å². The Hall–Kier alpha value is -3.96. The molecule has 0 bridgehead atoms. The Morgan fingerprint density at radius 2 is 1.00 bits per heavy atom. The Morgan fingerprint density at radius 1 is 0.536 bits per heavy atom. The summed E-state index contributed by atoms with van der Waals surface area (Å²) in [6.45, 7) is 0. The quantitative estimate of drug-likeness (QED) is 0.334. The van der Waals surface area contributed by atoms with Crippen molar-refractivity contribution in [2.45, 2.75) is 0 Å². The van der Waals surface area contributed by atoms with Crippen LogP contribution in [0, 0.1) is 11.3 Å². The summed E-state index contributed by atoms with van der Waals surface area (Å²) in [5, 5.41) is 11.3.